The number of methoxy groups -OCH3 is 1. The molecule has 1 aromatic carbocycles. The molecule has 1 aromatic rings. The number of rotatable bonds is 3. The summed E-state index contributed by atoms with van der Waals surface area (Å²) in [6.07, 6.45) is 6.42. The van der Waals surface area contributed by atoms with E-state index in [0.717, 1.165) is 48.7 Å². The SMILES string of the molecule is COC(=O)C1C2CCCCC(CC2)C1C(=O)Nc1ccc(Br)cc1. The maximum absolute atomic E-state index is 13.0. The van der Waals surface area contributed by atoms with Crippen LogP contribution in [0.15, 0.2) is 28.7 Å². The summed E-state index contributed by atoms with van der Waals surface area (Å²) in [6, 6.07) is 7.54. The van der Waals surface area contributed by atoms with E-state index >= 15 is 0 Å². The van der Waals surface area contributed by atoms with Gasteiger partial charge >= 0.3 is 5.97 Å². The van der Waals surface area contributed by atoms with E-state index in [2.05, 4.69) is 21.2 Å². The van der Waals surface area contributed by atoms with Crippen LogP contribution in [0.1, 0.15) is 38.5 Å². The van der Waals surface area contributed by atoms with E-state index in [1.165, 1.54) is 7.11 Å². The van der Waals surface area contributed by atoms with E-state index in [1.54, 1.807) is 0 Å². The molecule has 4 atom stereocenters. The van der Waals surface area contributed by atoms with E-state index in [4.69, 9.17) is 4.74 Å². The fourth-order valence-corrected chi connectivity index (χ4v) is 4.71. The second kappa shape index (κ2) is 7.68. The molecule has 3 aliphatic carbocycles. The van der Waals surface area contributed by atoms with Crippen LogP contribution in [0.25, 0.3) is 0 Å². The highest BCUT2D eigenvalue weighted by Gasteiger charge is 2.48. The molecule has 130 valence electrons. The summed E-state index contributed by atoms with van der Waals surface area (Å²) in [5.74, 6) is -0.285. The van der Waals surface area contributed by atoms with Crippen LogP contribution in [0.4, 0.5) is 5.69 Å². The van der Waals surface area contributed by atoms with Crippen molar-refractivity contribution in [3.8, 4) is 0 Å². The second-order valence-electron chi connectivity index (χ2n) is 6.95. The van der Waals surface area contributed by atoms with Gasteiger partial charge in [-0.25, -0.2) is 0 Å². The minimum atomic E-state index is -0.301. The summed E-state index contributed by atoms with van der Waals surface area (Å²) in [5.41, 5.74) is 0.768. The maximum atomic E-state index is 13.0. The number of hydrogen-bond donors (Lipinski definition) is 1. The van der Waals surface area contributed by atoms with Crippen molar-refractivity contribution in [3.63, 3.8) is 0 Å². The molecule has 0 aromatic heterocycles. The summed E-state index contributed by atoms with van der Waals surface area (Å²) < 4.78 is 6.03. The van der Waals surface area contributed by atoms with E-state index < -0.39 is 0 Å². The first-order chi connectivity index (χ1) is 11.6. The molecular weight excluding hydrogens is 370 g/mol. The van der Waals surface area contributed by atoms with Crippen LogP contribution in [-0.2, 0) is 14.3 Å². The molecule has 4 unspecified atom stereocenters. The molecule has 4 nitrogen and oxygen atoms in total. The van der Waals surface area contributed by atoms with E-state index in [1.807, 2.05) is 24.3 Å². The molecule has 0 heterocycles. The first kappa shape index (κ1) is 17.5. The third kappa shape index (κ3) is 3.66. The molecule has 0 radical (unpaired) electrons. The van der Waals surface area contributed by atoms with Crippen LogP contribution in [0, 0.1) is 23.7 Å². The normalized spacial score (nSPS) is 29.4. The third-order valence-electron chi connectivity index (χ3n) is 5.60. The van der Waals surface area contributed by atoms with Crippen molar-refractivity contribution < 1.29 is 14.3 Å². The zero-order chi connectivity index (χ0) is 17.1. The van der Waals surface area contributed by atoms with E-state index in [-0.39, 0.29) is 35.5 Å². The molecule has 3 saturated carbocycles. The van der Waals surface area contributed by atoms with Crippen molar-refractivity contribution in [2.75, 3.05) is 12.4 Å². The Morgan fingerprint density at radius 2 is 1.58 bits per heavy atom. The summed E-state index contributed by atoms with van der Waals surface area (Å²) in [4.78, 5) is 25.4. The Hall–Kier alpha value is -1.36. The molecule has 1 N–H and O–H groups in total. The van der Waals surface area contributed by atoms with Gasteiger partial charge in [-0.05, 0) is 61.8 Å². The Bertz CT molecular complexity index is 597. The summed E-state index contributed by atoms with van der Waals surface area (Å²) in [5, 5.41) is 3.01. The van der Waals surface area contributed by atoms with Crippen molar-refractivity contribution in [2.24, 2.45) is 23.7 Å². The number of fused-ring (bicyclic) bond motifs is 5. The quantitative estimate of drug-likeness (QED) is 0.774. The first-order valence-corrected chi connectivity index (χ1v) is 9.53. The first-order valence-electron chi connectivity index (χ1n) is 8.74. The molecule has 2 bridgehead atoms. The second-order valence-corrected chi connectivity index (χ2v) is 7.87. The molecule has 3 fully saturated rings. The van der Waals surface area contributed by atoms with Gasteiger partial charge in [-0.15, -0.1) is 0 Å². The van der Waals surface area contributed by atoms with Gasteiger partial charge in [0.1, 0.15) is 0 Å². The highest BCUT2D eigenvalue weighted by atomic mass is 79.9. The Labute approximate surface area is 151 Å². The Morgan fingerprint density at radius 3 is 2.17 bits per heavy atom. The predicted octanol–water partition coefficient (Wildman–Crippen LogP) is 4.39. The van der Waals surface area contributed by atoms with Crippen LogP contribution in [0.2, 0.25) is 0 Å². The Kier molecular flexibility index (Phi) is 5.59. The Balaban J connectivity index is 1.84. The van der Waals surface area contributed by atoms with Gasteiger partial charge in [0.05, 0.1) is 18.9 Å². The summed E-state index contributed by atoms with van der Waals surface area (Å²) >= 11 is 3.40. The van der Waals surface area contributed by atoms with Crippen molar-refractivity contribution in [3.05, 3.63) is 28.7 Å². The minimum absolute atomic E-state index is 0.0377. The number of anilines is 1. The Morgan fingerprint density at radius 1 is 1.00 bits per heavy atom. The molecule has 0 saturated heterocycles. The average Bonchev–Trinajstić information content (AvgIpc) is 2.55. The van der Waals surface area contributed by atoms with Crippen molar-refractivity contribution >= 4 is 33.5 Å². The maximum Gasteiger partial charge on any atom is 0.309 e. The van der Waals surface area contributed by atoms with Crippen LogP contribution in [0.3, 0.4) is 0 Å². The molecule has 0 aliphatic heterocycles. The van der Waals surface area contributed by atoms with Crippen molar-refractivity contribution in [1.82, 2.24) is 0 Å². The number of nitrogens with one attached hydrogen (secondary N) is 1. The van der Waals surface area contributed by atoms with Crippen LogP contribution in [-0.4, -0.2) is 19.0 Å². The summed E-state index contributed by atoms with van der Waals surface area (Å²) in [7, 11) is 1.43. The molecule has 24 heavy (non-hydrogen) atoms. The average molecular weight is 394 g/mol. The number of carbonyl (C=O) groups is 2. The van der Waals surface area contributed by atoms with Crippen LogP contribution < -0.4 is 5.32 Å². The third-order valence-corrected chi connectivity index (χ3v) is 6.13. The van der Waals surface area contributed by atoms with E-state index in [0.29, 0.717) is 0 Å². The lowest BCUT2D eigenvalue weighted by Gasteiger charge is -2.42. The number of carbonyl (C=O) groups excluding carboxylic acids is 2. The number of benzene rings is 1. The number of ether oxygens (including phenoxy) is 1. The lowest BCUT2D eigenvalue weighted by atomic mass is 9.62. The van der Waals surface area contributed by atoms with Crippen LogP contribution in [0.5, 0.6) is 0 Å². The minimum Gasteiger partial charge on any atom is -0.469 e. The van der Waals surface area contributed by atoms with Gasteiger partial charge in [0.15, 0.2) is 0 Å². The highest BCUT2D eigenvalue weighted by Crippen LogP contribution is 2.46. The lowest BCUT2D eigenvalue weighted by molar-refractivity contribution is -0.157. The lowest BCUT2D eigenvalue weighted by Crippen LogP contribution is -2.47. The standard InChI is InChI=1S/C19H24BrNO3/c1-24-19(23)17-13-5-3-2-4-12(6-7-13)16(17)18(22)21-15-10-8-14(20)9-11-15/h8-13,16-17H,2-7H2,1H3,(H,21,22). The molecule has 1 amide bonds. The molecule has 4 rings (SSSR count). The van der Waals surface area contributed by atoms with Gasteiger partial charge in [-0.2, -0.15) is 0 Å². The number of amides is 1. The fraction of sp³-hybridized carbons (Fsp3) is 0.579. The number of halogens is 1. The van der Waals surface area contributed by atoms with Gasteiger partial charge < -0.3 is 10.1 Å². The zero-order valence-electron chi connectivity index (χ0n) is 14.0. The predicted molar refractivity (Wildman–Crippen MR) is 96.4 cm³/mol. The van der Waals surface area contributed by atoms with Crippen molar-refractivity contribution in [1.29, 1.82) is 0 Å². The number of hydrogen-bond acceptors (Lipinski definition) is 3. The van der Waals surface area contributed by atoms with Gasteiger partial charge in [0.2, 0.25) is 5.91 Å². The fourth-order valence-electron chi connectivity index (χ4n) is 4.45. The molecular formula is C19H24BrNO3. The van der Waals surface area contributed by atoms with Crippen molar-refractivity contribution in [2.45, 2.75) is 38.5 Å². The summed E-state index contributed by atoms with van der Waals surface area (Å²) in [6.45, 7) is 0. The van der Waals surface area contributed by atoms with Gasteiger partial charge in [0.25, 0.3) is 0 Å². The molecule has 0 spiro atoms. The van der Waals surface area contributed by atoms with Crippen LogP contribution >= 0.6 is 15.9 Å². The van der Waals surface area contributed by atoms with Gasteiger partial charge in [0, 0.05) is 10.2 Å². The van der Waals surface area contributed by atoms with E-state index in [9.17, 15) is 9.59 Å². The largest absolute Gasteiger partial charge is 0.469 e. The smallest absolute Gasteiger partial charge is 0.309 e. The zero-order valence-corrected chi connectivity index (χ0v) is 15.6. The molecule has 5 heteroatoms. The number of esters is 1. The topological polar surface area (TPSA) is 55.4 Å². The van der Waals surface area contributed by atoms with Gasteiger partial charge in [-0.3, -0.25) is 9.59 Å². The monoisotopic (exact) mass is 393 g/mol. The molecule has 3 aliphatic rings. The highest BCUT2D eigenvalue weighted by molar-refractivity contribution is 9.10. The van der Waals surface area contributed by atoms with Gasteiger partial charge in [-0.1, -0.05) is 28.8 Å².